The van der Waals surface area contributed by atoms with Gasteiger partial charge in [-0.1, -0.05) is 17.4 Å². The number of aromatic nitrogens is 1. The summed E-state index contributed by atoms with van der Waals surface area (Å²) in [6, 6.07) is 7.43. The van der Waals surface area contributed by atoms with Crippen LogP contribution in [-0.2, 0) is 0 Å². The molecular formula is C20H25N3O3S2. The number of thiazole rings is 1. The van der Waals surface area contributed by atoms with Crippen LogP contribution in [0, 0.1) is 0 Å². The topological polar surface area (TPSA) is 63.7 Å². The molecule has 28 heavy (non-hydrogen) atoms. The summed E-state index contributed by atoms with van der Waals surface area (Å²) in [5, 5.41) is 4.06. The Morgan fingerprint density at radius 3 is 2.46 bits per heavy atom. The summed E-state index contributed by atoms with van der Waals surface area (Å²) in [5.74, 6) is 1.21. The molecule has 1 N–H and O–H groups in total. The van der Waals surface area contributed by atoms with Crippen molar-refractivity contribution in [3.8, 4) is 11.5 Å². The van der Waals surface area contributed by atoms with Gasteiger partial charge >= 0.3 is 0 Å². The highest BCUT2D eigenvalue weighted by molar-refractivity contribution is 7.29. The number of ether oxygens (including phenoxy) is 2. The summed E-state index contributed by atoms with van der Waals surface area (Å²) in [5.41, 5.74) is 0.950. The van der Waals surface area contributed by atoms with Gasteiger partial charge in [-0.2, -0.15) is 0 Å². The van der Waals surface area contributed by atoms with E-state index in [9.17, 15) is 4.79 Å². The van der Waals surface area contributed by atoms with E-state index in [1.54, 1.807) is 25.6 Å². The molecular weight excluding hydrogens is 394 g/mol. The van der Waals surface area contributed by atoms with Crippen LogP contribution in [0.3, 0.4) is 0 Å². The van der Waals surface area contributed by atoms with Crippen molar-refractivity contribution >= 4 is 43.2 Å². The molecule has 1 atom stereocenters. The Kier molecular flexibility index (Phi) is 6.41. The van der Waals surface area contributed by atoms with Gasteiger partial charge in [0.2, 0.25) is 0 Å². The van der Waals surface area contributed by atoms with Gasteiger partial charge in [-0.3, -0.25) is 4.79 Å². The molecule has 0 fully saturated rings. The summed E-state index contributed by atoms with van der Waals surface area (Å²) in [4.78, 5) is 21.2. The molecule has 1 aromatic carbocycles. The number of thiophene rings is 1. The minimum Gasteiger partial charge on any atom is -0.493 e. The Morgan fingerprint density at radius 2 is 1.86 bits per heavy atom. The number of carbonyl (C=O) groups is 1. The number of anilines is 1. The second-order valence-corrected chi connectivity index (χ2v) is 8.30. The van der Waals surface area contributed by atoms with Crippen LogP contribution in [0.15, 0.2) is 24.3 Å². The molecule has 0 radical (unpaired) electrons. The largest absolute Gasteiger partial charge is 0.493 e. The van der Waals surface area contributed by atoms with Gasteiger partial charge in [0.15, 0.2) is 16.6 Å². The zero-order valence-electron chi connectivity index (χ0n) is 16.7. The van der Waals surface area contributed by atoms with Gasteiger partial charge in [0, 0.05) is 13.1 Å². The lowest BCUT2D eigenvalue weighted by Crippen LogP contribution is -2.25. The van der Waals surface area contributed by atoms with Gasteiger partial charge in [0.05, 0.1) is 29.8 Å². The number of fused-ring (bicyclic) bond motifs is 1. The number of nitrogens with one attached hydrogen (secondary N) is 1. The highest BCUT2D eigenvalue weighted by Crippen LogP contribution is 2.35. The van der Waals surface area contributed by atoms with Gasteiger partial charge in [-0.25, -0.2) is 4.98 Å². The molecule has 2 heterocycles. The number of amides is 1. The zero-order chi connectivity index (χ0) is 20.3. The first-order valence-electron chi connectivity index (χ1n) is 9.18. The lowest BCUT2D eigenvalue weighted by molar-refractivity contribution is 0.0944. The molecule has 6 nitrogen and oxygen atoms in total. The fourth-order valence-electron chi connectivity index (χ4n) is 2.94. The van der Waals surface area contributed by atoms with Crippen molar-refractivity contribution in [1.82, 2.24) is 10.3 Å². The Hall–Kier alpha value is -2.32. The maximum Gasteiger partial charge on any atom is 0.261 e. The summed E-state index contributed by atoms with van der Waals surface area (Å²) in [6.07, 6.45) is 0. The fourth-order valence-corrected chi connectivity index (χ4v) is 5.18. The number of carbonyl (C=O) groups excluding carboxylic acids is 1. The van der Waals surface area contributed by atoms with E-state index in [1.807, 2.05) is 31.2 Å². The number of rotatable bonds is 8. The predicted octanol–water partition coefficient (Wildman–Crippen LogP) is 4.71. The predicted molar refractivity (Wildman–Crippen MR) is 116 cm³/mol. The first-order valence-corrected chi connectivity index (χ1v) is 10.8. The minimum absolute atomic E-state index is 0.0955. The van der Waals surface area contributed by atoms with E-state index in [0.29, 0.717) is 16.4 Å². The molecule has 3 aromatic rings. The molecule has 0 saturated carbocycles. The third kappa shape index (κ3) is 4.07. The summed E-state index contributed by atoms with van der Waals surface area (Å²) in [7, 11) is 3.20. The molecule has 8 heteroatoms. The maximum absolute atomic E-state index is 12.7. The van der Waals surface area contributed by atoms with E-state index in [2.05, 4.69) is 29.0 Å². The Labute approximate surface area is 173 Å². The first-order chi connectivity index (χ1) is 13.5. The van der Waals surface area contributed by atoms with E-state index in [0.717, 1.165) is 33.3 Å². The number of methoxy groups -OCH3 is 2. The SMILES string of the molecule is CCN(CC)c1nc2sc(C(=O)NC(C)c3ccc(OC)c(OC)c3)cc2s1. The monoisotopic (exact) mass is 419 g/mol. The minimum atomic E-state index is -0.161. The Balaban J connectivity index is 1.74. The number of nitrogens with zero attached hydrogens (tertiary/aromatic N) is 2. The Morgan fingerprint density at radius 1 is 1.14 bits per heavy atom. The van der Waals surface area contributed by atoms with Crippen LogP contribution in [0.5, 0.6) is 11.5 Å². The Bertz CT molecular complexity index is 931. The van der Waals surface area contributed by atoms with Crippen molar-refractivity contribution in [3.63, 3.8) is 0 Å². The smallest absolute Gasteiger partial charge is 0.261 e. The van der Waals surface area contributed by atoms with Crippen molar-refractivity contribution in [3.05, 3.63) is 34.7 Å². The van der Waals surface area contributed by atoms with E-state index >= 15 is 0 Å². The van der Waals surface area contributed by atoms with Crippen molar-refractivity contribution in [1.29, 1.82) is 0 Å². The van der Waals surface area contributed by atoms with E-state index in [4.69, 9.17) is 9.47 Å². The second kappa shape index (κ2) is 8.79. The van der Waals surface area contributed by atoms with Crippen molar-refractivity contribution in [2.24, 2.45) is 0 Å². The third-order valence-electron chi connectivity index (χ3n) is 4.59. The summed E-state index contributed by atoms with van der Waals surface area (Å²) in [6.45, 7) is 8.04. The molecule has 2 aromatic heterocycles. The van der Waals surface area contributed by atoms with Crippen LogP contribution < -0.4 is 19.7 Å². The molecule has 150 valence electrons. The molecule has 0 aliphatic heterocycles. The van der Waals surface area contributed by atoms with Crippen LogP contribution in [0.25, 0.3) is 9.53 Å². The molecule has 0 bridgehead atoms. The summed E-state index contributed by atoms with van der Waals surface area (Å²) >= 11 is 3.06. The normalized spacial score (nSPS) is 12.0. The molecule has 0 aliphatic carbocycles. The molecule has 3 rings (SSSR count). The highest BCUT2D eigenvalue weighted by Gasteiger charge is 2.18. The van der Waals surface area contributed by atoms with Crippen LogP contribution >= 0.6 is 22.7 Å². The van der Waals surface area contributed by atoms with Gasteiger partial charge in [-0.15, -0.1) is 11.3 Å². The third-order valence-corrected chi connectivity index (χ3v) is 6.81. The van der Waals surface area contributed by atoms with Crippen LogP contribution in [0.1, 0.15) is 42.0 Å². The quantitative estimate of drug-likeness (QED) is 0.573. The number of benzene rings is 1. The van der Waals surface area contributed by atoms with Crippen LogP contribution in [0.2, 0.25) is 0 Å². The highest BCUT2D eigenvalue weighted by atomic mass is 32.1. The first kappa shape index (κ1) is 20.4. The van der Waals surface area contributed by atoms with Gasteiger partial charge in [0.25, 0.3) is 5.91 Å². The van der Waals surface area contributed by atoms with Crippen molar-refractivity contribution < 1.29 is 14.3 Å². The van der Waals surface area contributed by atoms with Gasteiger partial charge in [-0.05, 0) is 44.5 Å². The van der Waals surface area contributed by atoms with Gasteiger partial charge in [0.1, 0.15) is 4.83 Å². The zero-order valence-corrected chi connectivity index (χ0v) is 18.4. The molecule has 0 aliphatic rings. The van der Waals surface area contributed by atoms with E-state index in [1.165, 1.54) is 11.3 Å². The standard InChI is InChI=1S/C20H25N3O3S2/c1-6-23(7-2)20-22-19-17(28-20)11-16(27-19)18(24)21-12(3)13-8-9-14(25-4)15(10-13)26-5/h8-12H,6-7H2,1-5H3,(H,21,24). The fraction of sp³-hybridized carbons (Fsp3) is 0.400. The maximum atomic E-state index is 12.7. The van der Waals surface area contributed by atoms with Gasteiger partial charge < -0.3 is 19.7 Å². The van der Waals surface area contributed by atoms with Crippen LogP contribution in [0.4, 0.5) is 5.13 Å². The molecule has 0 spiro atoms. The lowest BCUT2D eigenvalue weighted by Gasteiger charge is -2.16. The van der Waals surface area contributed by atoms with Crippen molar-refractivity contribution in [2.75, 3.05) is 32.2 Å². The van der Waals surface area contributed by atoms with Crippen LogP contribution in [-0.4, -0.2) is 38.2 Å². The van der Waals surface area contributed by atoms with E-state index < -0.39 is 0 Å². The average Bonchev–Trinajstić information content (AvgIpc) is 3.27. The number of hydrogen-bond acceptors (Lipinski definition) is 7. The lowest BCUT2D eigenvalue weighted by atomic mass is 10.1. The molecule has 0 saturated heterocycles. The average molecular weight is 420 g/mol. The van der Waals surface area contributed by atoms with Crippen molar-refractivity contribution in [2.45, 2.75) is 26.8 Å². The second-order valence-electron chi connectivity index (χ2n) is 6.26. The van der Waals surface area contributed by atoms with E-state index in [-0.39, 0.29) is 11.9 Å². The molecule has 1 amide bonds. The summed E-state index contributed by atoms with van der Waals surface area (Å²) < 4.78 is 11.7. The molecule has 1 unspecified atom stereocenters. The number of hydrogen-bond donors (Lipinski definition) is 1.